The Morgan fingerprint density at radius 1 is 0.475 bits per heavy atom. The fourth-order valence-corrected chi connectivity index (χ4v) is 3.69. The van der Waals surface area contributed by atoms with E-state index in [1.165, 1.54) is 24.3 Å². The van der Waals surface area contributed by atoms with Gasteiger partial charge < -0.3 is 31.2 Å². The monoisotopic (exact) mass is 524 g/mol. The Labute approximate surface area is 232 Å². The SMILES string of the molecule is Nc1ccc(Oc2c(C#Cc3ccccc3)ccc(C#Cc3ccccc3)c2Oc2ccc(N)c(O)c2)cc1O. The Morgan fingerprint density at radius 2 is 0.875 bits per heavy atom. The minimum absolute atomic E-state index is 0.125. The van der Waals surface area contributed by atoms with Gasteiger partial charge in [-0.3, -0.25) is 0 Å². The van der Waals surface area contributed by atoms with E-state index in [1.807, 2.05) is 60.7 Å². The molecule has 0 heterocycles. The molecule has 6 N–H and O–H groups in total. The number of nitrogens with two attached hydrogens (primary N) is 2. The van der Waals surface area contributed by atoms with Crippen molar-refractivity contribution >= 4 is 11.4 Å². The molecule has 0 aromatic heterocycles. The maximum atomic E-state index is 10.2. The molecule has 0 fully saturated rings. The highest BCUT2D eigenvalue weighted by Gasteiger charge is 2.18. The minimum atomic E-state index is -0.125. The molecule has 5 rings (SSSR count). The van der Waals surface area contributed by atoms with Crippen molar-refractivity contribution in [1.82, 2.24) is 0 Å². The van der Waals surface area contributed by atoms with Crippen molar-refractivity contribution in [3.05, 3.63) is 131 Å². The first-order valence-electron chi connectivity index (χ1n) is 12.3. The second-order valence-corrected chi connectivity index (χ2v) is 8.70. The van der Waals surface area contributed by atoms with Crippen molar-refractivity contribution in [2.24, 2.45) is 0 Å². The molecule has 5 aromatic carbocycles. The number of nitrogen functional groups attached to an aromatic ring is 2. The minimum Gasteiger partial charge on any atom is -0.506 e. The molecule has 0 radical (unpaired) electrons. The first-order valence-corrected chi connectivity index (χ1v) is 12.3. The summed E-state index contributed by atoms with van der Waals surface area (Å²) in [6, 6.07) is 31.8. The highest BCUT2D eigenvalue weighted by Crippen LogP contribution is 2.42. The fourth-order valence-electron chi connectivity index (χ4n) is 3.69. The van der Waals surface area contributed by atoms with Crippen molar-refractivity contribution < 1.29 is 19.7 Å². The molecule has 0 bridgehead atoms. The molecule has 5 aromatic rings. The van der Waals surface area contributed by atoms with Crippen molar-refractivity contribution in [3.8, 4) is 58.2 Å². The van der Waals surface area contributed by atoms with E-state index in [2.05, 4.69) is 23.7 Å². The zero-order valence-corrected chi connectivity index (χ0v) is 21.3. The van der Waals surface area contributed by atoms with Gasteiger partial charge in [0.25, 0.3) is 0 Å². The lowest BCUT2D eigenvalue weighted by Gasteiger charge is -2.17. The van der Waals surface area contributed by atoms with E-state index >= 15 is 0 Å². The number of ether oxygens (including phenoxy) is 2. The van der Waals surface area contributed by atoms with Crippen LogP contribution in [0.2, 0.25) is 0 Å². The lowest BCUT2D eigenvalue weighted by molar-refractivity contribution is 0.410. The van der Waals surface area contributed by atoms with Gasteiger partial charge in [-0.15, -0.1) is 0 Å². The number of rotatable bonds is 4. The average Bonchev–Trinajstić information content (AvgIpc) is 2.97. The standard InChI is InChI=1S/C34H24N2O4/c35-29-19-17-27(21-31(29)37)39-33-25(13-11-23-7-3-1-4-8-23)15-16-26(14-12-24-9-5-2-6-10-24)34(33)40-28-18-20-30(36)32(38)22-28/h1-10,15-22,37-38H,35-36H2. The summed E-state index contributed by atoms with van der Waals surface area (Å²) in [6.45, 7) is 0. The molecular formula is C34H24N2O4. The van der Waals surface area contributed by atoms with Crippen molar-refractivity contribution in [2.75, 3.05) is 11.5 Å². The summed E-state index contributed by atoms with van der Waals surface area (Å²) in [5.41, 5.74) is 14.7. The molecule has 194 valence electrons. The third-order valence-electron chi connectivity index (χ3n) is 5.79. The topological polar surface area (TPSA) is 111 Å². The summed E-state index contributed by atoms with van der Waals surface area (Å²) in [5.74, 6) is 13.5. The maximum absolute atomic E-state index is 10.2. The van der Waals surface area contributed by atoms with Gasteiger partial charge in [0.15, 0.2) is 11.5 Å². The zero-order chi connectivity index (χ0) is 27.9. The molecule has 0 aliphatic carbocycles. The largest absolute Gasteiger partial charge is 0.506 e. The molecule has 6 nitrogen and oxygen atoms in total. The van der Waals surface area contributed by atoms with Crippen LogP contribution in [0.25, 0.3) is 0 Å². The molecule has 0 aliphatic heterocycles. The molecule has 0 atom stereocenters. The number of aromatic hydroxyl groups is 2. The number of phenols is 2. The number of phenolic OH excluding ortho intramolecular Hbond substituents is 2. The summed E-state index contributed by atoms with van der Waals surface area (Å²) in [7, 11) is 0. The lowest BCUT2D eigenvalue weighted by Crippen LogP contribution is -1.98. The van der Waals surface area contributed by atoms with E-state index in [0.29, 0.717) is 22.6 Å². The van der Waals surface area contributed by atoms with Crippen LogP contribution in [0.15, 0.2) is 109 Å². The van der Waals surface area contributed by atoms with Gasteiger partial charge in [-0.2, -0.15) is 0 Å². The lowest BCUT2D eigenvalue weighted by atomic mass is 10.1. The Kier molecular flexibility index (Phi) is 7.44. The molecule has 0 amide bonds. The Morgan fingerprint density at radius 3 is 1.25 bits per heavy atom. The van der Waals surface area contributed by atoms with Crippen LogP contribution < -0.4 is 20.9 Å². The van der Waals surface area contributed by atoms with Crippen molar-refractivity contribution in [3.63, 3.8) is 0 Å². The highest BCUT2D eigenvalue weighted by molar-refractivity contribution is 5.66. The van der Waals surface area contributed by atoms with Gasteiger partial charge in [0, 0.05) is 23.3 Å². The maximum Gasteiger partial charge on any atom is 0.186 e. The third-order valence-corrected chi connectivity index (χ3v) is 5.79. The van der Waals surface area contributed by atoms with Crippen LogP contribution in [-0.2, 0) is 0 Å². The molecule has 40 heavy (non-hydrogen) atoms. The summed E-state index contributed by atoms with van der Waals surface area (Å²) < 4.78 is 12.6. The van der Waals surface area contributed by atoms with Crippen LogP contribution in [0, 0.1) is 23.7 Å². The second-order valence-electron chi connectivity index (χ2n) is 8.70. The van der Waals surface area contributed by atoms with E-state index in [0.717, 1.165) is 11.1 Å². The van der Waals surface area contributed by atoms with Crippen LogP contribution in [0.1, 0.15) is 22.3 Å². The smallest absolute Gasteiger partial charge is 0.186 e. The summed E-state index contributed by atoms with van der Waals surface area (Å²) in [6.07, 6.45) is 0. The molecule has 0 saturated carbocycles. The zero-order valence-electron chi connectivity index (χ0n) is 21.3. The first-order chi connectivity index (χ1) is 19.5. The first kappa shape index (κ1) is 25.7. The molecule has 0 unspecified atom stereocenters. The van der Waals surface area contributed by atoms with Crippen molar-refractivity contribution in [2.45, 2.75) is 0 Å². The predicted octanol–water partition coefficient (Wildman–Crippen LogP) is 6.65. The van der Waals surface area contributed by atoms with Crippen LogP contribution in [0.5, 0.6) is 34.5 Å². The van der Waals surface area contributed by atoms with Gasteiger partial charge in [-0.05, 0) is 60.7 Å². The quantitative estimate of drug-likeness (QED) is 0.119. The van der Waals surface area contributed by atoms with E-state index in [-0.39, 0.29) is 34.4 Å². The van der Waals surface area contributed by atoms with E-state index in [1.54, 1.807) is 24.3 Å². The number of hydrogen-bond acceptors (Lipinski definition) is 6. The van der Waals surface area contributed by atoms with Crippen LogP contribution in [-0.4, -0.2) is 10.2 Å². The van der Waals surface area contributed by atoms with Crippen molar-refractivity contribution in [1.29, 1.82) is 0 Å². The van der Waals surface area contributed by atoms with E-state index < -0.39 is 0 Å². The predicted molar refractivity (Wildman–Crippen MR) is 156 cm³/mol. The molecule has 0 saturated heterocycles. The highest BCUT2D eigenvalue weighted by atomic mass is 16.5. The normalized spacial score (nSPS) is 10.0. The molecular weight excluding hydrogens is 500 g/mol. The molecule has 0 spiro atoms. The Balaban J connectivity index is 1.69. The Bertz CT molecular complexity index is 1660. The van der Waals surface area contributed by atoms with Gasteiger partial charge in [0.05, 0.1) is 22.5 Å². The summed E-state index contributed by atoms with van der Waals surface area (Å²) in [4.78, 5) is 0. The van der Waals surface area contributed by atoms with E-state index in [4.69, 9.17) is 20.9 Å². The van der Waals surface area contributed by atoms with Gasteiger partial charge in [-0.25, -0.2) is 0 Å². The van der Waals surface area contributed by atoms with Gasteiger partial charge in [-0.1, -0.05) is 60.1 Å². The number of hydrogen-bond donors (Lipinski definition) is 4. The summed E-state index contributed by atoms with van der Waals surface area (Å²) in [5, 5.41) is 20.4. The average molecular weight is 525 g/mol. The van der Waals surface area contributed by atoms with Gasteiger partial charge >= 0.3 is 0 Å². The summed E-state index contributed by atoms with van der Waals surface area (Å²) >= 11 is 0. The Hall–Kier alpha value is -5.98. The van der Waals surface area contributed by atoms with Crippen LogP contribution >= 0.6 is 0 Å². The van der Waals surface area contributed by atoms with E-state index in [9.17, 15) is 10.2 Å². The molecule has 0 aliphatic rings. The fraction of sp³-hybridized carbons (Fsp3) is 0. The van der Waals surface area contributed by atoms with Gasteiger partial charge in [0.1, 0.15) is 23.0 Å². The number of benzene rings is 5. The molecule has 6 heteroatoms. The number of anilines is 2. The third kappa shape index (κ3) is 6.11. The van der Waals surface area contributed by atoms with Crippen LogP contribution in [0.4, 0.5) is 11.4 Å². The van der Waals surface area contributed by atoms with Crippen LogP contribution in [0.3, 0.4) is 0 Å². The van der Waals surface area contributed by atoms with Gasteiger partial charge in [0.2, 0.25) is 0 Å². The second kappa shape index (κ2) is 11.6.